The Morgan fingerprint density at radius 1 is 1.08 bits per heavy atom. The number of halogens is 1. The largest absolute Gasteiger partial charge is 0.326 e. The molecule has 2 aromatic carbocycles. The monoisotopic (exact) mass is 327 g/mol. The minimum absolute atomic E-state index is 0.00768. The third kappa shape index (κ3) is 5.64. The summed E-state index contributed by atoms with van der Waals surface area (Å²) >= 11 is 0. The number of aryl methyl sites for hydroxylation is 1. The molecule has 0 unspecified atom stereocenters. The molecule has 2 rings (SSSR count). The van der Waals surface area contributed by atoms with Gasteiger partial charge in [-0.25, -0.2) is 9.82 Å². The molecule has 5 nitrogen and oxygen atoms in total. The van der Waals surface area contributed by atoms with Gasteiger partial charge in [0.1, 0.15) is 5.82 Å². The van der Waals surface area contributed by atoms with Gasteiger partial charge in [0, 0.05) is 24.1 Å². The number of hydrazone groups is 1. The molecule has 6 heteroatoms. The Kier molecular flexibility index (Phi) is 6.19. The molecule has 124 valence electrons. The van der Waals surface area contributed by atoms with Crippen LogP contribution in [0.3, 0.4) is 0 Å². The average Bonchev–Trinajstić information content (AvgIpc) is 2.55. The van der Waals surface area contributed by atoms with Crippen LogP contribution in [0.15, 0.2) is 53.6 Å². The minimum atomic E-state index is -0.423. The molecule has 0 saturated heterocycles. The van der Waals surface area contributed by atoms with Crippen molar-refractivity contribution < 1.29 is 14.0 Å². The number of nitrogens with one attached hydrogen (secondary N) is 2. The van der Waals surface area contributed by atoms with Crippen molar-refractivity contribution in [3.05, 3.63) is 65.5 Å². The molecule has 0 bridgehead atoms. The third-order valence-corrected chi connectivity index (χ3v) is 3.18. The Morgan fingerprint density at radius 2 is 1.83 bits per heavy atom. The van der Waals surface area contributed by atoms with E-state index in [-0.39, 0.29) is 24.3 Å². The van der Waals surface area contributed by atoms with E-state index in [4.69, 9.17) is 0 Å². The first-order valence-corrected chi connectivity index (χ1v) is 7.47. The number of carbonyl (C=O) groups excluding carboxylic acids is 2. The van der Waals surface area contributed by atoms with E-state index in [0.717, 1.165) is 5.56 Å². The lowest BCUT2D eigenvalue weighted by atomic mass is 10.2. The van der Waals surface area contributed by atoms with E-state index >= 15 is 0 Å². The van der Waals surface area contributed by atoms with Gasteiger partial charge in [-0.05, 0) is 30.7 Å². The van der Waals surface area contributed by atoms with E-state index < -0.39 is 11.7 Å². The van der Waals surface area contributed by atoms with Crippen LogP contribution >= 0.6 is 0 Å². The highest BCUT2D eigenvalue weighted by atomic mass is 19.1. The molecule has 0 radical (unpaired) electrons. The second kappa shape index (κ2) is 8.57. The van der Waals surface area contributed by atoms with E-state index in [1.807, 2.05) is 25.1 Å². The van der Waals surface area contributed by atoms with Gasteiger partial charge < -0.3 is 5.32 Å². The fraction of sp³-hybridized carbons (Fsp3) is 0.167. The average molecular weight is 327 g/mol. The summed E-state index contributed by atoms with van der Waals surface area (Å²) < 4.78 is 13.3. The maximum Gasteiger partial charge on any atom is 0.240 e. The molecule has 2 amide bonds. The molecule has 2 N–H and O–H groups in total. The summed E-state index contributed by atoms with van der Waals surface area (Å²) in [5.74, 6) is -1.09. The number of hydrogen-bond donors (Lipinski definition) is 2. The first-order chi connectivity index (χ1) is 11.5. The van der Waals surface area contributed by atoms with E-state index in [2.05, 4.69) is 15.8 Å². The first kappa shape index (κ1) is 17.3. The number of anilines is 1. The van der Waals surface area contributed by atoms with Crippen molar-refractivity contribution in [2.24, 2.45) is 5.10 Å². The van der Waals surface area contributed by atoms with Crippen LogP contribution in [0.5, 0.6) is 0 Å². The number of hydrogen-bond acceptors (Lipinski definition) is 3. The normalized spacial score (nSPS) is 10.6. The van der Waals surface area contributed by atoms with Crippen molar-refractivity contribution in [3.8, 4) is 0 Å². The van der Waals surface area contributed by atoms with E-state index in [1.165, 1.54) is 12.3 Å². The lowest BCUT2D eigenvalue weighted by Gasteiger charge is -2.05. The summed E-state index contributed by atoms with van der Waals surface area (Å²) in [5.41, 5.74) is 4.27. The lowest BCUT2D eigenvalue weighted by Crippen LogP contribution is -2.20. The Hall–Kier alpha value is -3.02. The van der Waals surface area contributed by atoms with Crippen LogP contribution in [0.1, 0.15) is 24.0 Å². The predicted octanol–water partition coefficient (Wildman–Crippen LogP) is 3.00. The van der Waals surface area contributed by atoms with Gasteiger partial charge in [0.15, 0.2) is 0 Å². The molecule has 0 saturated carbocycles. The molecule has 24 heavy (non-hydrogen) atoms. The van der Waals surface area contributed by atoms with E-state index in [9.17, 15) is 14.0 Å². The fourth-order valence-corrected chi connectivity index (χ4v) is 1.98. The van der Waals surface area contributed by atoms with Crippen molar-refractivity contribution in [3.63, 3.8) is 0 Å². The smallest absolute Gasteiger partial charge is 0.240 e. The highest BCUT2D eigenvalue weighted by Crippen LogP contribution is 2.10. The van der Waals surface area contributed by atoms with Crippen LogP contribution in [-0.2, 0) is 9.59 Å². The standard InChI is InChI=1S/C18H18FN3O2/c1-13-5-4-7-15(11-13)21-17(23)9-10-18(24)22-20-12-14-6-2-3-8-16(14)19/h2-8,11-12H,9-10H2,1H3,(H,21,23)(H,22,24). The highest BCUT2D eigenvalue weighted by Gasteiger charge is 2.07. The van der Waals surface area contributed by atoms with Crippen LogP contribution in [0.2, 0.25) is 0 Å². The second-order valence-corrected chi connectivity index (χ2v) is 5.23. The minimum Gasteiger partial charge on any atom is -0.326 e. The highest BCUT2D eigenvalue weighted by molar-refractivity contribution is 5.93. The number of benzene rings is 2. The lowest BCUT2D eigenvalue weighted by molar-refractivity contribution is -0.124. The fourth-order valence-electron chi connectivity index (χ4n) is 1.98. The van der Waals surface area contributed by atoms with Crippen LogP contribution in [-0.4, -0.2) is 18.0 Å². The van der Waals surface area contributed by atoms with Crippen molar-refractivity contribution >= 4 is 23.7 Å². The van der Waals surface area contributed by atoms with Gasteiger partial charge >= 0.3 is 0 Å². The molecule has 0 spiro atoms. The number of carbonyl (C=O) groups is 2. The topological polar surface area (TPSA) is 70.6 Å². The number of nitrogens with zero attached hydrogens (tertiary/aromatic N) is 1. The van der Waals surface area contributed by atoms with E-state index in [0.29, 0.717) is 5.69 Å². The van der Waals surface area contributed by atoms with Gasteiger partial charge in [-0.15, -0.1) is 0 Å². The van der Waals surface area contributed by atoms with Crippen LogP contribution in [0.25, 0.3) is 0 Å². The van der Waals surface area contributed by atoms with Crippen molar-refractivity contribution in [2.75, 3.05) is 5.32 Å². The molecule has 0 aromatic heterocycles. The summed E-state index contributed by atoms with van der Waals surface area (Å²) in [6, 6.07) is 13.5. The van der Waals surface area contributed by atoms with Gasteiger partial charge in [-0.2, -0.15) is 5.10 Å². The van der Waals surface area contributed by atoms with Crippen LogP contribution in [0.4, 0.5) is 10.1 Å². The van der Waals surface area contributed by atoms with Crippen molar-refractivity contribution in [1.29, 1.82) is 0 Å². The zero-order valence-electron chi connectivity index (χ0n) is 13.3. The summed E-state index contributed by atoms with van der Waals surface area (Å²) in [4.78, 5) is 23.4. The van der Waals surface area contributed by atoms with Gasteiger partial charge in [0.05, 0.1) is 6.21 Å². The summed E-state index contributed by atoms with van der Waals surface area (Å²) in [6.07, 6.45) is 1.25. The Labute approximate surface area is 139 Å². The molecule has 0 heterocycles. The molecular weight excluding hydrogens is 309 g/mol. The summed E-state index contributed by atoms with van der Waals surface area (Å²) in [7, 11) is 0. The molecule has 0 aliphatic rings. The van der Waals surface area contributed by atoms with E-state index in [1.54, 1.807) is 24.3 Å². The van der Waals surface area contributed by atoms with Gasteiger partial charge in [0.25, 0.3) is 0 Å². The number of rotatable bonds is 6. The van der Waals surface area contributed by atoms with Crippen molar-refractivity contribution in [1.82, 2.24) is 5.43 Å². The maximum atomic E-state index is 13.3. The van der Waals surface area contributed by atoms with Gasteiger partial charge in [0.2, 0.25) is 11.8 Å². The molecule has 0 fully saturated rings. The van der Waals surface area contributed by atoms with Gasteiger partial charge in [-0.1, -0.05) is 30.3 Å². The van der Waals surface area contributed by atoms with Crippen LogP contribution < -0.4 is 10.7 Å². The molecular formula is C18H18FN3O2. The molecule has 0 atom stereocenters. The predicted molar refractivity (Wildman–Crippen MR) is 91.2 cm³/mol. The van der Waals surface area contributed by atoms with Gasteiger partial charge in [-0.3, -0.25) is 9.59 Å². The second-order valence-electron chi connectivity index (χ2n) is 5.23. The molecule has 0 aliphatic heterocycles. The SMILES string of the molecule is Cc1cccc(NC(=O)CCC(=O)NN=Cc2ccccc2F)c1. The Balaban J connectivity index is 1.75. The van der Waals surface area contributed by atoms with Crippen LogP contribution in [0, 0.1) is 12.7 Å². The zero-order valence-corrected chi connectivity index (χ0v) is 13.3. The zero-order chi connectivity index (χ0) is 17.4. The number of amides is 2. The Morgan fingerprint density at radius 3 is 2.58 bits per heavy atom. The molecule has 0 aliphatic carbocycles. The Bertz CT molecular complexity index is 759. The summed E-state index contributed by atoms with van der Waals surface area (Å²) in [5, 5.41) is 6.40. The quantitative estimate of drug-likeness (QED) is 0.632. The molecule has 2 aromatic rings. The first-order valence-electron chi connectivity index (χ1n) is 7.47. The maximum absolute atomic E-state index is 13.3. The third-order valence-electron chi connectivity index (χ3n) is 3.18. The van der Waals surface area contributed by atoms with Crippen molar-refractivity contribution in [2.45, 2.75) is 19.8 Å². The summed E-state index contributed by atoms with van der Waals surface area (Å²) in [6.45, 7) is 1.93.